The van der Waals surface area contributed by atoms with Gasteiger partial charge in [0.25, 0.3) is 0 Å². The Kier molecular flexibility index (Phi) is 4.22. The zero-order valence-corrected chi connectivity index (χ0v) is 9.37. The largest absolute Gasteiger partial charge is 0.380 e. The first-order chi connectivity index (χ1) is 6.55. The predicted octanol–water partition coefficient (Wildman–Crippen LogP) is 1.40. The van der Waals surface area contributed by atoms with Crippen molar-refractivity contribution in [3.63, 3.8) is 0 Å². The second-order valence-electron chi connectivity index (χ2n) is 2.68. The maximum Gasteiger partial charge on any atom is 0.336 e. The van der Waals surface area contributed by atoms with E-state index in [0.717, 1.165) is 0 Å². The summed E-state index contributed by atoms with van der Waals surface area (Å²) in [6.45, 7) is 2.21. The second kappa shape index (κ2) is 5.00. The molecule has 0 spiro atoms. The molecule has 1 aromatic rings. The lowest BCUT2D eigenvalue weighted by atomic mass is 10.3. The van der Waals surface area contributed by atoms with Crippen LogP contribution in [0.2, 0.25) is 0 Å². The Balaban J connectivity index is 2.78. The third-order valence-electron chi connectivity index (χ3n) is 1.68. The summed E-state index contributed by atoms with van der Waals surface area (Å²) in [5, 5.41) is 1.63. The first kappa shape index (κ1) is 11.8. The number of nitrogens with zero attached hydrogens (tertiary/aromatic N) is 1. The van der Waals surface area contributed by atoms with Gasteiger partial charge in [-0.05, 0) is 6.92 Å². The molecule has 0 fully saturated rings. The van der Waals surface area contributed by atoms with Gasteiger partial charge < -0.3 is 14.5 Å². The predicted molar refractivity (Wildman–Crippen MR) is 53.4 cm³/mol. The smallest absolute Gasteiger partial charge is 0.336 e. The summed E-state index contributed by atoms with van der Waals surface area (Å²) < 4.78 is 16.1. The molecule has 0 aromatic carbocycles. The molecular weight excluding hydrogens is 225 g/mol. The number of ether oxygens (including phenoxy) is 1. The van der Waals surface area contributed by atoms with Crippen LogP contribution in [-0.2, 0) is 9.30 Å². The highest BCUT2D eigenvalue weighted by atomic mass is 32.1. The molecule has 14 heavy (non-hydrogen) atoms. The molecule has 1 heterocycles. The zero-order chi connectivity index (χ0) is 10.6. The zero-order valence-electron chi connectivity index (χ0n) is 7.66. The van der Waals surface area contributed by atoms with E-state index >= 15 is 0 Å². The third-order valence-corrected chi connectivity index (χ3v) is 3.51. The minimum atomic E-state index is -4.18. The van der Waals surface area contributed by atoms with Gasteiger partial charge in [0.05, 0.1) is 17.8 Å². The molecule has 1 aromatic heterocycles. The van der Waals surface area contributed by atoms with Crippen molar-refractivity contribution < 1.29 is 19.1 Å². The fraction of sp³-hybridized carbons (Fsp3) is 0.571. The highest BCUT2D eigenvalue weighted by Crippen LogP contribution is 2.51. The molecule has 0 bridgehead atoms. The fourth-order valence-electron chi connectivity index (χ4n) is 0.971. The second-order valence-corrected chi connectivity index (χ2v) is 5.20. The molecule has 5 nitrogen and oxygen atoms in total. The average molecular weight is 237 g/mol. The summed E-state index contributed by atoms with van der Waals surface area (Å²) >= 11 is 1.31. The molecule has 0 aliphatic carbocycles. The van der Waals surface area contributed by atoms with Gasteiger partial charge in [0, 0.05) is 12.0 Å². The van der Waals surface area contributed by atoms with E-state index in [9.17, 15) is 4.57 Å². The van der Waals surface area contributed by atoms with E-state index in [-0.39, 0.29) is 6.61 Å². The fourth-order valence-corrected chi connectivity index (χ4v) is 2.46. The lowest BCUT2D eigenvalue weighted by molar-refractivity contribution is 0.140. The molecule has 1 rings (SSSR count). The van der Waals surface area contributed by atoms with Crippen LogP contribution in [0, 0.1) is 0 Å². The average Bonchev–Trinajstić information content (AvgIpc) is 2.55. The van der Waals surface area contributed by atoms with E-state index in [2.05, 4.69) is 4.98 Å². The van der Waals surface area contributed by atoms with E-state index < -0.39 is 13.3 Å². The van der Waals surface area contributed by atoms with Gasteiger partial charge in [0.2, 0.25) is 0 Å². The third kappa shape index (κ3) is 3.15. The molecule has 2 N–H and O–H groups in total. The number of aromatic nitrogens is 1. The van der Waals surface area contributed by atoms with Crippen molar-refractivity contribution in [3.8, 4) is 0 Å². The molecule has 7 heteroatoms. The summed E-state index contributed by atoms with van der Waals surface area (Å²) in [5.41, 5.74) is 1.01. The van der Waals surface area contributed by atoms with Crippen LogP contribution >= 0.6 is 18.9 Å². The van der Waals surface area contributed by atoms with Crippen LogP contribution in [-0.4, -0.2) is 28.0 Å². The van der Waals surface area contributed by atoms with E-state index in [1.807, 2.05) is 0 Å². The standard InChI is InChI=1S/C7H12NO4PS/c1-2-12-3-7(13(9,10)11)6-4-14-5-8-6/h4-5,7H,2-3H2,1H3,(H2,9,10,11)/t7-/m1/s1. The highest BCUT2D eigenvalue weighted by molar-refractivity contribution is 7.52. The lowest BCUT2D eigenvalue weighted by Crippen LogP contribution is -2.08. The maximum absolute atomic E-state index is 11.1. The van der Waals surface area contributed by atoms with Crippen LogP contribution in [0.15, 0.2) is 10.9 Å². The van der Waals surface area contributed by atoms with Crippen molar-refractivity contribution in [1.29, 1.82) is 0 Å². The van der Waals surface area contributed by atoms with Crippen LogP contribution in [0.1, 0.15) is 18.3 Å². The van der Waals surface area contributed by atoms with Gasteiger partial charge >= 0.3 is 7.60 Å². The van der Waals surface area contributed by atoms with Crippen molar-refractivity contribution in [1.82, 2.24) is 4.98 Å². The Hall–Kier alpha value is -0.260. The van der Waals surface area contributed by atoms with Crippen LogP contribution in [0.25, 0.3) is 0 Å². The molecule has 0 saturated carbocycles. The van der Waals surface area contributed by atoms with Gasteiger partial charge in [0.1, 0.15) is 5.66 Å². The molecule has 0 radical (unpaired) electrons. The first-order valence-electron chi connectivity index (χ1n) is 4.06. The number of hydrogen-bond donors (Lipinski definition) is 2. The Morgan fingerprint density at radius 3 is 2.86 bits per heavy atom. The van der Waals surface area contributed by atoms with Crippen LogP contribution in [0.4, 0.5) is 0 Å². The van der Waals surface area contributed by atoms with Crippen molar-refractivity contribution in [2.45, 2.75) is 12.6 Å². The van der Waals surface area contributed by atoms with Crippen LogP contribution in [0.3, 0.4) is 0 Å². The molecular formula is C7H12NO4PS. The number of hydrogen-bond acceptors (Lipinski definition) is 4. The van der Waals surface area contributed by atoms with Gasteiger partial charge in [-0.3, -0.25) is 4.57 Å². The molecule has 0 saturated heterocycles. The van der Waals surface area contributed by atoms with E-state index in [1.165, 1.54) is 11.3 Å². The van der Waals surface area contributed by atoms with E-state index in [4.69, 9.17) is 14.5 Å². The Bertz CT molecular complexity index is 309. The molecule has 0 aliphatic heterocycles. The lowest BCUT2D eigenvalue weighted by Gasteiger charge is -2.15. The first-order valence-corrected chi connectivity index (χ1v) is 6.69. The molecule has 0 aliphatic rings. The summed E-state index contributed by atoms with van der Waals surface area (Å²) in [7, 11) is -4.18. The molecule has 0 amide bonds. The highest BCUT2D eigenvalue weighted by Gasteiger charge is 2.32. The van der Waals surface area contributed by atoms with Gasteiger partial charge in [-0.25, -0.2) is 4.98 Å². The SMILES string of the molecule is CCOC[C@H](c1cscn1)P(=O)(O)O. The molecule has 0 unspecified atom stereocenters. The van der Waals surface area contributed by atoms with Crippen molar-refractivity contribution in [2.24, 2.45) is 0 Å². The van der Waals surface area contributed by atoms with E-state index in [0.29, 0.717) is 12.3 Å². The normalized spacial score (nSPS) is 14.2. The van der Waals surface area contributed by atoms with Crippen LogP contribution < -0.4 is 0 Å². The van der Waals surface area contributed by atoms with E-state index in [1.54, 1.807) is 17.8 Å². The van der Waals surface area contributed by atoms with Crippen molar-refractivity contribution in [3.05, 3.63) is 16.6 Å². The van der Waals surface area contributed by atoms with Gasteiger partial charge in [-0.15, -0.1) is 11.3 Å². The minimum Gasteiger partial charge on any atom is -0.380 e. The molecule has 1 atom stereocenters. The maximum atomic E-state index is 11.1. The Labute approximate surface area is 85.9 Å². The Morgan fingerprint density at radius 2 is 2.43 bits per heavy atom. The topological polar surface area (TPSA) is 79.7 Å². The van der Waals surface area contributed by atoms with Gasteiger partial charge in [0.15, 0.2) is 0 Å². The van der Waals surface area contributed by atoms with Crippen molar-refractivity contribution in [2.75, 3.05) is 13.2 Å². The summed E-state index contributed by atoms with van der Waals surface area (Å²) in [6.07, 6.45) is 0. The van der Waals surface area contributed by atoms with Gasteiger partial charge in [-0.2, -0.15) is 0 Å². The minimum absolute atomic E-state index is 0.00448. The number of thiazole rings is 1. The summed E-state index contributed by atoms with van der Waals surface area (Å²) in [6, 6.07) is 0. The summed E-state index contributed by atoms with van der Waals surface area (Å²) in [5.74, 6) is 0. The summed E-state index contributed by atoms with van der Waals surface area (Å²) in [4.78, 5) is 22.0. The Morgan fingerprint density at radius 1 is 1.71 bits per heavy atom. The van der Waals surface area contributed by atoms with Gasteiger partial charge in [-0.1, -0.05) is 0 Å². The van der Waals surface area contributed by atoms with Crippen molar-refractivity contribution >= 4 is 18.9 Å². The number of rotatable bonds is 5. The van der Waals surface area contributed by atoms with Crippen LogP contribution in [0.5, 0.6) is 0 Å². The quantitative estimate of drug-likeness (QED) is 0.756. The molecule has 80 valence electrons. The monoisotopic (exact) mass is 237 g/mol.